The Morgan fingerprint density at radius 2 is 2.26 bits per heavy atom. The Kier molecular flexibility index (Phi) is 5.25. The largest absolute Gasteiger partial charge is 0.497 e. The van der Waals surface area contributed by atoms with Gasteiger partial charge in [0.15, 0.2) is 0 Å². The van der Waals surface area contributed by atoms with E-state index in [-0.39, 0.29) is 5.91 Å². The molecular formula is C17H20N2O3S. The van der Waals surface area contributed by atoms with Crippen LogP contribution in [0.25, 0.3) is 10.6 Å². The second-order valence-corrected chi connectivity index (χ2v) is 6.47. The molecule has 1 saturated heterocycles. The number of rotatable bonds is 6. The van der Waals surface area contributed by atoms with Crippen LogP contribution < -0.4 is 10.1 Å². The van der Waals surface area contributed by atoms with E-state index in [9.17, 15) is 4.79 Å². The highest BCUT2D eigenvalue weighted by Gasteiger charge is 2.16. The summed E-state index contributed by atoms with van der Waals surface area (Å²) in [6.45, 7) is 1.48. The quantitative estimate of drug-likeness (QED) is 0.883. The Morgan fingerprint density at radius 3 is 2.96 bits per heavy atom. The summed E-state index contributed by atoms with van der Waals surface area (Å²) in [5, 5.41) is 3.77. The van der Waals surface area contributed by atoms with Crippen molar-refractivity contribution in [2.45, 2.75) is 25.4 Å². The number of carbonyl (C=O) groups is 1. The second-order valence-electron chi connectivity index (χ2n) is 5.44. The number of ether oxygens (including phenoxy) is 2. The van der Waals surface area contributed by atoms with E-state index < -0.39 is 0 Å². The molecule has 0 spiro atoms. The predicted molar refractivity (Wildman–Crippen MR) is 90.0 cm³/mol. The molecule has 1 aliphatic rings. The topological polar surface area (TPSA) is 60.5 Å². The van der Waals surface area contributed by atoms with Crippen LogP contribution in [0.3, 0.4) is 0 Å². The number of hydrogen-bond donors (Lipinski definition) is 1. The van der Waals surface area contributed by atoms with Gasteiger partial charge in [-0.3, -0.25) is 4.79 Å². The molecule has 1 aromatic heterocycles. The predicted octanol–water partition coefficient (Wildman–Crippen LogP) is 3.12. The average Bonchev–Trinajstić information content (AvgIpc) is 3.26. The zero-order chi connectivity index (χ0) is 16.1. The highest BCUT2D eigenvalue weighted by Crippen LogP contribution is 2.26. The van der Waals surface area contributed by atoms with Crippen molar-refractivity contribution in [3.05, 3.63) is 35.3 Å². The number of nitrogens with one attached hydrogen (secondary N) is 1. The van der Waals surface area contributed by atoms with Gasteiger partial charge in [0.05, 0.1) is 19.4 Å². The first kappa shape index (κ1) is 16.0. The first-order valence-corrected chi connectivity index (χ1v) is 8.58. The van der Waals surface area contributed by atoms with Crippen molar-refractivity contribution in [3.8, 4) is 16.3 Å². The summed E-state index contributed by atoms with van der Waals surface area (Å²) in [5.41, 5.74) is 0.981. The standard InChI is InChI=1S/C17H20N2O3S/c1-21-13-6-4-12(5-7-13)17-19-11-15(23-17)16(20)18-9-8-14-3-2-10-22-14/h4-7,11,14H,2-3,8-10H2,1H3,(H,18,20). The van der Waals surface area contributed by atoms with Crippen molar-refractivity contribution in [2.24, 2.45) is 0 Å². The molecule has 1 atom stereocenters. The molecule has 1 amide bonds. The molecule has 1 aliphatic heterocycles. The molecule has 6 heteroatoms. The minimum absolute atomic E-state index is 0.0692. The van der Waals surface area contributed by atoms with Crippen molar-refractivity contribution in [2.75, 3.05) is 20.3 Å². The fraction of sp³-hybridized carbons (Fsp3) is 0.412. The molecule has 1 unspecified atom stereocenters. The van der Waals surface area contributed by atoms with Crippen LogP contribution in [0.15, 0.2) is 30.5 Å². The molecule has 1 fully saturated rings. The van der Waals surface area contributed by atoms with Crippen LogP contribution in [0, 0.1) is 0 Å². The van der Waals surface area contributed by atoms with Crippen molar-refractivity contribution in [1.82, 2.24) is 10.3 Å². The van der Waals surface area contributed by atoms with E-state index in [1.54, 1.807) is 13.3 Å². The summed E-state index contributed by atoms with van der Waals surface area (Å²) in [4.78, 5) is 17.1. The van der Waals surface area contributed by atoms with Gasteiger partial charge in [-0.05, 0) is 43.5 Å². The molecule has 2 heterocycles. The van der Waals surface area contributed by atoms with Crippen LogP contribution in [-0.4, -0.2) is 37.3 Å². The smallest absolute Gasteiger partial charge is 0.263 e. The summed E-state index contributed by atoms with van der Waals surface area (Å²) in [5.74, 6) is 0.734. The van der Waals surface area contributed by atoms with Crippen molar-refractivity contribution < 1.29 is 14.3 Å². The number of hydrogen-bond acceptors (Lipinski definition) is 5. The summed E-state index contributed by atoms with van der Waals surface area (Å²) in [7, 11) is 1.64. The Hall–Kier alpha value is -1.92. The zero-order valence-electron chi connectivity index (χ0n) is 13.1. The normalized spacial score (nSPS) is 17.2. The Bertz CT molecular complexity index is 648. The maximum atomic E-state index is 12.2. The maximum absolute atomic E-state index is 12.2. The van der Waals surface area contributed by atoms with E-state index in [2.05, 4.69) is 10.3 Å². The van der Waals surface area contributed by atoms with E-state index in [0.717, 1.165) is 42.2 Å². The highest BCUT2D eigenvalue weighted by molar-refractivity contribution is 7.16. The molecule has 3 rings (SSSR count). The lowest BCUT2D eigenvalue weighted by Crippen LogP contribution is -2.26. The SMILES string of the molecule is COc1ccc(-c2ncc(C(=O)NCCC3CCCO3)s2)cc1. The van der Waals surface area contributed by atoms with Crippen LogP contribution in [0.2, 0.25) is 0 Å². The molecule has 1 N–H and O–H groups in total. The monoisotopic (exact) mass is 332 g/mol. The van der Waals surface area contributed by atoms with Crippen LogP contribution in [0.4, 0.5) is 0 Å². The van der Waals surface area contributed by atoms with Gasteiger partial charge in [-0.1, -0.05) is 0 Å². The number of aromatic nitrogens is 1. The van der Waals surface area contributed by atoms with Gasteiger partial charge in [0.25, 0.3) is 5.91 Å². The van der Waals surface area contributed by atoms with Crippen LogP contribution >= 0.6 is 11.3 Å². The molecule has 2 aromatic rings. The number of methoxy groups -OCH3 is 1. The van der Waals surface area contributed by atoms with Gasteiger partial charge in [-0.2, -0.15) is 0 Å². The van der Waals surface area contributed by atoms with Gasteiger partial charge in [0.1, 0.15) is 15.6 Å². The highest BCUT2D eigenvalue weighted by atomic mass is 32.1. The fourth-order valence-electron chi connectivity index (χ4n) is 2.55. The molecular weight excluding hydrogens is 312 g/mol. The lowest BCUT2D eigenvalue weighted by atomic mass is 10.2. The van der Waals surface area contributed by atoms with Gasteiger partial charge in [-0.15, -0.1) is 11.3 Å². The van der Waals surface area contributed by atoms with E-state index in [4.69, 9.17) is 9.47 Å². The minimum Gasteiger partial charge on any atom is -0.497 e. The van der Waals surface area contributed by atoms with Crippen LogP contribution in [0.1, 0.15) is 28.9 Å². The lowest BCUT2D eigenvalue weighted by Gasteiger charge is -2.09. The van der Waals surface area contributed by atoms with Gasteiger partial charge in [-0.25, -0.2) is 4.98 Å². The molecule has 122 valence electrons. The fourth-order valence-corrected chi connectivity index (χ4v) is 3.39. The third-order valence-corrected chi connectivity index (χ3v) is 4.89. The molecule has 0 radical (unpaired) electrons. The third-order valence-electron chi connectivity index (χ3n) is 3.84. The summed E-state index contributed by atoms with van der Waals surface area (Å²) in [6, 6.07) is 7.66. The number of amides is 1. The summed E-state index contributed by atoms with van der Waals surface area (Å²) >= 11 is 1.40. The Morgan fingerprint density at radius 1 is 1.43 bits per heavy atom. The van der Waals surface area contributed by atoms with Gasteiger partial charge < -0.3 is 14.8 Å². The number of nitrogens with zero attached hydrogens (tertiary/aromatic N) is 1. The second kappa shape index (κ2) is 7.57. The first-order valence-electron chi connectivity index (χ1n) is 7.76. The lowest BCUT2D eigenvalue weighted by molar-refractivity contribution is 0.0910. The Labute approximate surface area is 139 Å². The Balaban J connectivity index is 1.55. The molecule has 1 aromatic carbocycles. The molecule has 0 bridgehead atoms. The summed E-state index contributed by atoms with van der Waals surface area (Å²) < 4.78 is 10.7. The van der Waals surface area contributed by atoms with Gasteiger partial charge in [0, 0.05) is 18.7 Å². The van der Waals surface area contributed by atoms with E-state index in [0.29, 0.717) is 17.5 Å². The van der Waals surface area contributed by atoms with Crippen molar-refractivity contribution in [1.29, 1.82) is 0 Å². The van der Waals surface area contributed by atoms with E-state index in [1.165, 1.54) is 11.3 Å². The number of carbonyl (C=O) groups excluding carboxylic acids is 1. The van der Waals surface area contributed by atoms with Crippen molar-refractivity contribution in [3.63, 3.8) is 0 Å². The molecule has 0 saturated carbocycles. The molecule has 23 heavy (non-hydrogen) atoms. The van der Waals surface area contributed by atoms with Crippen LogP contribution in [-0.2, 0) is 4.74 Å². The number of thiazole rings is 1. The van der Waals surface area contributed by atoms with Gasteiger partial charge >= 0.3 is 0 Å². The minimum atomic E-state index is -0.0692. The first-order chi connectivity index (χ1) is 11.3. The molecule has 0 aliphatic carbocycles. The van der Waals surface area contributed by atoms with E-state index in [1.807, 2.05) is 24.3 Å². The molecule has 5 nitrogen and oxygen atoms in total. The summed E-state index contributed by atoms with van der Waals surface area (Å²) in [6.07, 6.45) is 5.02. The third kappa shape index (κ3) is 4.09. The van der Waals surface area contributed by atoms with Gasteiger partial charge in [0.2, 0.25) is 0 Å². The van der Waals surface area contributed by atoms with E-state index >= 15 is 0 Å². The van der Waals surface area contributed by atoms with Crippen LogP contribution in [0.5, 0.6) is 5.75 Å². The average molecular weight is 332 g/mol. The maximum Gasteiger partial charge on any atom is 0.263 e. The number of benzene rings is 1. The van der Waals surface area contributed by atoms with Crippen molar-refractivity contribution >= 4 is 17.2 Å². The zero-order valence-corrected chi connectivity index (χ0v) is 13.9.